The van der Waals surface area contributed by atoms with E-state index in [1.807, 2.05) is 24.0 Å². The zero-order valence-electron chi connectivity index (χ0n) is 13.6. The van der Waals surface area contributed by atoms with Crippen molar-refractivity contribution in [3.8, 4) is 0 Å². The first kappa shape index (κ1) is 16.0. The minimum absolute atomic E-state index is 0.00267. The Balaban J connectivity index is 1.66. The summed E-state index contributed by atoms with van der Waals surface area (Å²) in [5, 5.41) is 2.96. The highest BCUT2D eigenvalue weighted by Gasteiger charge is 2.24. The molecule has 0 bridgehead atoms. The van der Waals surface area contributed by atoms with Crippen LogP contribution in [0.5, 0.6) is 0 Å². The third kappa shape index (κ3) is 3.91. The molecule has 1 unspecified atom stereocenters. The first-order valence-electron chi connectivity index (χ1n) is 8.45. The van der Waals surface area contributed by atoms with E-state index in [1.165, 1.54) is 0 Å². The molecular formula is C18H24N2O3. The molecule has 1 N–H and O–H groups in total. The third-order valence-electron chi connectivity index (χ3n) is 4.63. The minimum Gasteiger partial charge on any atom is -0.375 e. The van der Waals surface area contributed by atoms with Crippen molar-refractivity contribution in [3.05, 3.63) is 29.8 Å². The molecule has 2 aliphatic rings. The number of ether oxygens (including phenoxy) is 1. The lowest BCUT2D eigenvalue weighted by Gasteiger charge is -2.31. The lowest BCUT2D eigenvalue weighted by Crippen LogP contribution is -2.44. The number of carbonyl (C=O) groups is 2. The average Bonchev–Trinajstić information content (AvgIpc) is 3.09. The fraction of sp³-hybridized carbons (Fsp3) is 0.556. The standard InChI is InChI=1S/C18H24N2O3/c1-13-12-20(9-10-23-13)18(22)15-7-4-8-16(11-15)19-17(21)14-5-2-3-6-14/h4,7-8,11,13-14H,2-3,5-6,9-10,12H2,1H3,(H,19,21). The second-order valence-corrected chi connectivity index (χ2v) is 6.48. The van der Waals surface area contributed by atoms with Gasteiger partial charge in [0, 0.05) is 30.3 Å². The van der Waals surface area contributed by atoms with Crippen molar-refractivity contribution >= 4 is 17.5 Å². The van der Waals surface area contributed by atoms with Gasteiger partial charge in [0.1, 0.15) is 0 Å². The highest BCUT2D eigenvalue weighted by Crippen LogP contribution is 2.26. The molecule has 0 spiro atoms. The molecule has 2 amide bonds. The van der Waals surface area contributed by atoms with Crippen molar-refractivity contribution in [3.63, 3.8) is 0 Å². The van der Waals surface area contributed by atoms with Gasteiger partial charge in [0.2, 0.25) is 5.91 Å². The summed E-state index contributed by atoms with van der Waals surface area (Å²) in [5.41, 5.74) is 1.32. The molecule has 1 atom stereocenters. The van der Waals surface area contributed by atoms with E-state index in [2.05, 4.69) is 5.32 Å². The molecule has 5 nitrogen and oxygen atoms in total. The van der Waals surface area contributed by atoms with Crippen LogP contribution in [0.15, 0.2) is 24.3 Å². The highest BCUT2D eigenvalue weighted by atomic mass is 16.5. The smallest absolute Gasteiger partial charge is 0.254 e. The van der Waals surface area contributed by atoms with Crippen LogP contribution in [0.3, 0.4) is 0 Å². The molecule has 0 radical (unpaired) electrons. The molecule has 0 aromatic heterocycles. The van der Waals surface area contributed by atoms with Crippen molar-refractivity contribution in [1.82, 2.24) is 4.90 Å². The van der Waals surface area contributed by atoms with Crippen LogP contribution in [0.1, 0.15) is 43.0 Å². The van der Waals surface area contributed by atoms with Crippen LogP contribution in [0.2, 0.25) is 0 Å². The Morgan fingerprint density at radius 2 is 2.04 bits per heavy atom. The van der Waals surface area contributed by atoms with E-state index in [9.17, 15) is 9.59 Å². The second-order valence-electron chi connectivity index (χ2n) is 6.48. The van der Waals surface area contributed by atoms with E-state index in [4.69, 9.17) is 4.74 Å². The lowest BCUT2D eigenvalue weighted by molar-refractivity contribution is -0.119. The molecule has 1 aliphatic heterocycles. The van der Waals surface area contributed by atoms with Crippen LogP contribution >= 0.6 is 0 Å². The largest absolute Gasteiger partial charge is 0.375 e. The number of nitrogens with one attached hydrogen (secondary N) is 1. The summed E-state index contributed by atoms with van der Waals surface area (Å²) in [6, 6.07) is 7.23. The van der Waals surface area contributed by atoms with Crippen LogP contribution < -0.4 is 5.32 Å². The van der Waals surface area contributed by atoms with Crippen LogP contribution in [-0.4, -0.2) is 42.5 Å². The maximum Gasteiger partial charge on any atom is 0.254 e. The number of morpholine rings is 1. The van der Waals surface area contributed by atoms with Gasteiger partial charge in [-0.05, 0) is 38.0 Å². The molecule has 1 aromatic rings. The van der Waals surface area contributed by atoms with Crippen LogP contribution in [0.4, 0.5) is 5.69 Å². The van der Waals surface area contributed by atoms with Gasteiger partial charge in [0.25, 0.3) is 5.91 Å². The van der Waals surface area contributed by atoms with Crippen molar-refractivity contribution < 1.29 is 14.3 Å². The molecule has 1 aliphatic carbocycles. The van der Waals surface area contributed by atoms with Gasteiger partial charge in [-0.15, -0.1) is 0 Å². The van der Waals surface area contributed by atoms with Gasteiger partial charge < -0.3 is 15.0 Å². The van der Waals surface area contributed by atoms with Crippen LogP contribution in [0.25, 0.3) is 0 Å². The molecule has 1 aromatic carbocycles. The van der Waals surface area contributed by atoms with Gasteiger partial charge in [0.05, 0.1) is 12.7 Å². The van der Waals surface area contributed by atoms with E-state index in [-0.39, 0.29) is 23.8 Å². The van der Waals surface area contributed by atoms with Crippen molar-refractivity contribution in [1.29, 1.82) is 0 Å². The zero-order valence-corrected chi connectivity index (χ0v) is 13.6. The summed E-state index contributed by atoms with van der Waals surface area (Å²) in [6.45, 7) is 3.77. The monoisotopic (exact) mass is 316 g/mol. The van der Waals surface area contributed by atoms with Crippen molar-refractivity contribution in [2.24, 2.45) is 5.92 Å². The molecule has 3 rings (SSSR count). The number of benzene rings is 1. The molecule has 2 fully saturated rings. The van der Waals surface area contributed by atoms with Gasteiger partial charge in [-0.3, -0.25) is 9.59 Å². The summed E-state index contributed by atoms with van der Waals surface area (Å²) < 4.78 is 5.48. The van der Waals surface area contributed by atoms with Gasteiger partial charge >= 0.3 is 0 Å². The van der Waals surface area contributed by atoms with Gasteiger partial charge in [0.15, 0.2) is 0 Å². The molecule has 124 valence electrons. The summed E-state index contributed by atoms with van der Waals surface area (Å²) in [6.07, 6.45) is 4.27. The number of anilines is 1. The van der Waals surface area contributed by atoms with E-state index >= 15 is 0 Å². The van der Waals surface area contributed by atoms with Crippen LogP contribution in [0, 0.1) is 5.92 Å². The Bertz CT molecular complexity index is 581. The van der Waals surface area contributed by atoms with Crippen molar-refractivity contribution in [2.75, 3.05) is 25.0 Å². The first-order valence-corrected chi connectivity index (χ1v) is 8.45. The maximum absolute atomic E-state index is 12.6. The normalized spacial score (nSPS) is 22.1. The van der Waals surface area contributed by atoms with E-state index < -0.39 is 0 Å². The Morgan fingerprint density at radius 3 is 2.78 bits per heavy atom. The summed E-state index contributed by atoms with van der Waals surface area (Å²) in [4.78, 5) is 26.6. The third-order valence-corrected chi connectivity index (χ3v) is 4.63. The number of amides is 2. The fourth-order valence-corrected chi connectivity index (χ4v) is 3.35. The predicted molar refractivity (Wildman–Crippen MR) is 88.3 cm³/mol. The van der Waals surface area contributed by atoms with Gasteiger partial charge in [-0.25, -0.2) is 0 Å². The van der Waals surface area contributed by atoms with Crippen LogP contribution in [-0.2, 0) is 9.53 Å². The number of carbonyl (C=O) groups excluding carboxylic acids is 2. The second kappa shape index (κ2) is 7.13. The maximum atomic E-state index is 12.6. The molecular weight excluding hydrogens is 292 g/mol. The minimum atomic E-state index is -0.00267. The quantitative estimate of drug-likeness (QED) is 0.932. The number of rotatable bonds is 3. The Morgan fingerprint density at radius 1 is 1.26 bits per heavy atom. The SMILES string of the molecule is CC1CN(C(=O)c2cccc(NC(=O)C3CCCC3)c2)CCO1. The molecule has 23 heavy (non-hydrogen) atoms. The van der Waals surface area contributed by atoms with E-state index in [0.717, 1.165) is 25.7 Å². The van der Waals surface area contributed by atoms with E-state index in [0.29, 0.717) is 30.9 Å². The summed E-state index contributed by atoms with van der Waals surface area (Å²) in [5.74, 6) is 0.193. The predicted octanol–water partition coefficient (Wildman–Crippen LogP) is 2.68. The number of hydrogen-bond acceptors (Lipinski definition) is 3. The average molecular weight is 316 g/mol. The zero-order chi connectivity index (χ0) is 16.2. The van der Waals surface area contributed by atoms with Crippen molar-refractivity contribution in [2.45, 2.75) is 38.7 Å². The number of nitrogens with zero attached hydrogens (tertiary/aromatic N) is 1. The Labute approximate surface area is 137 Å². The van der Waals surface area contributed by atoms with E-state index in [1.54, 1.807) is 12.1 Å². The summed E-state index contributed by atoms with van der Waals surface area (Å²) >= 11 is 0. The Hall–Kier alpha value is -1.88. The molecule has 1 saturated heterocycles. The molecule has 1 heterocycles. The first-order chi connectivity index (χ1) is 11.1. The molecule has 1 saturated carbocycles. The van der Waals surface area contributed by atoms with Gasteiger partial charge in [-0.2, -0.15) is 0 Å². The number of hydrogen-bond donors (Lipinski definition) is 1. The summed E-state index contributed by atoms with van der Waals surface area (Å²) in [7, 11) is 0. The fourth-order valence-electron chi connectivity index (χ4n) is 3.35. The molecule has 5 heteroatoms. The topological polar surface area (TPSA) is 58.6 Å². The Kier molecular flexibility index (Phi) is 4.96. The van der Waals surface area contributed by atoms with Gasteiger partial charge in [-0.1, -0.05) is 18.9 Å². The lowest BCUT2D eigenvalue weighted by atomic mass is 10.1. The highest BCUT2D eigenvalue weighted by molar-refractivity contribution is 5.97.